The Labute approximate surface area is 236 Å². The third-order valence-electron chi connectivity index (χ3n) is 7.01. The van der Waals surface area contributed by atoms with Gasteiger partial charge in [0, 0.05) is 19.4 Å². The van der Waals surface area contributed by atoms with Crippen molar-refractivity contribution >= 4 is 35.3 Å². The number of cyclic esters (lactones) is 1. The van der Waals surface area contributed by atoms with E-state index < -0.39 is 35.9 Å². The van der Waals surface area contributed by atoms with E-state index in [1.165, 1.54) is 24.1 Å². The second-order valence-electron chi connectivity index (χ2n) is 10.8. The third-order valence-corrected chi connectivity index (χ3v) is 7.32. The average Bonchev–Trinajstić information content (AvgIpc) is 2.86. The SMILES string of the molecule is CCC1C/C=C(\C)CC(C)C(=O)NC(C)C(=O)N(C)C(C(C)C)C(=O)NC(c2ccc(O)c(Cl)c2)CC(=O)O1. The van der Waals surface area contributed by atoms with E-state index in [0.29, 0.717) is 24.8 Å². The molecule has 0 spiro atoms. The summed E-state index contributed by atoms with van der Waals surface area (Å²) in [6, 6.07) is 1.92. The van der Waals surface area contributed by atoms with Gasteiger partial charge in [-0.3, -0.25) is 19.2 Å². The normalized spacial score (nSPS) is 28.1. The quantitative estimate of drug-likeness (QED) is 0.372. The molecule has 0 bridgehead atoms. The third kappa shape index (κ3) is 8.98. The molecule has 3 N–H and O–H groups in total. The maximum absolute atomic E-state index is 13.6. The highest BCUT2D eigenvalue weighted by molar-refractivity contribution is 6.32. The van der Waals surface area contributed by atoms with Gasteiger partial charge in [-0.05, 0) is 50.3 Å². The minimum absolute atomic E-state index is 0.0770. The first kappa shape index (κ1) is 32.1. The molecule has 0 aliphatic carbocycles. The van der Waals surface area contributed by atoms with Gasteiger partial charge in [0.05, 0.1) is 17.5 Å². The van der Waals surface area contributed by atoms with Crippen LogP contribution in [0.2, 0.25) is 5.02 Å². The molecule has 1 aromatic rings. The van der Waals surface area contributed by atoms with Gasteiger partial charge in [-0.15, -0.1) is 0 Å². The van der Waals surface area contributed by atoms with Crippen LogP contribution < -0.4 is 10.6 Å². The number of aromatic hydroxyl groups is 1. The van der Waals surface area contributed by atoms with Crippen LogP contribution in [0.3, 0.4) is 0 Å². The molecule has 0 aromatic heterocycles. The molecule has 5 atom stereocenters. The largest absolute Gasteiger partial charge is 0.506 e. The Bertz CT molecular complexity index is 1090. The number of phenols is 1. The van der Waals surface area contributed by atoms with Crippen LogP contribution in [0.25, 0.3) is 0 Å². The Morgan fingerprint density at radius 2 is 1.77 bits per heavy atom. The minimum atomic E-state index is -0.882. The molecular weight excluding hydrogens is 522 g/mol. The Hall–Kier alpha value is -3.07. The zero-order valence-corrected chi connectivity index (χ0v) is 24.7. The summed E-state index contributed by atoms with van der Waals surface area (Å²) in [5.74, 6) is -2.42. The number of carbonyl (C=O) groups excluding carboxylic acids is 4. The zero-order chi connectivity index (χ0) is 29.4. The predicted molar refractivity (Wildman–Crippen MR) is 150 cm³/mol. The molecule has 2 rings (SSSR count). The zero-order valence-electron chi connectivity index (χ0n) is 23.9. The number of benzene rings is 1. The van der Waals surface area contributed by atoms with Crippen molar-refractivity contribution in [3.63, 3.8) is 0 Å². The molecule has 0 saturated heterocycles. The molecular formula is C29H42ClN3O6. The van der Waals surface area contributed by atoms with Crippen molar-refractivity contribution in [3.8, 4) is 5.75 Å². The lowest BCUT2D eigenvalue weighted by atomic mass is 9.97. The molecule has 1 aliphatic heterocycles. The maximum atomic E-state index is 13.6. The number of amides is 3. The number of halogens is 1. The van der Waals surface area contributed by atoms with Crippen molar-refractivity contribution in [2.24, 2.45) is 11.8 Å². The molecule has 216 valence electrons. The van der Waals surface area contributed by atoms with Crippen molar-refractivity contribution in [2.45, 2.75) is 91.5 Å². The second kappa shape index (κ2) is 14.4. The highest BCUT2D eigenvalue weighted by Gasteiger charge is 2.34. The van der Waals surface area contributed by atoms with Crippen LogP contribution in [-0.2, 0) is 23.9 Å². The fourth-order valence-electron chi connectivity index (χ4n) is 4.73. The summed E-state index contributed by atoms with van der Waals surface area (Å²) >= 11 is 6.13. The predicted octanol–water partition coefficient (Wildman–Crippen LogP) is 4.28. The number of likely N-dealkylation sites (N-methyl/N-ethyl adjacent to an activating group) is 1. The fourth-order valence-corrected chi connectivity index (χ4v) is 4.91. The maximum Gasteiger partial charge on any atom is 0.308 e. The van der Waals surface area contributed by atoms with Gasteiger partial charge in [-0.25, -0.2) is 0 Å². The number of allylic oxidation sites excluding steroid dienone is 1. The molecule has 3 amide bonds. The summed E-state index contributed by atoms with van der Waals surface area (Å²) in [4.78, 5) is 54.1. The van der Waals surface area contributed by atoms with Crippen LogP contribution >= 0.6 is 11.6 Å². The van der Waals surface area contributed by atoms with Crippen molar-refractivity contribution in [3.05, 3.63) is 40.4 Å². The number of rotatable bonds is 3. The van der Waals surface area contributed by atoms with Gasteiger partial charge < -0.3 is 25.4 Å². The Morgan fingerprint density at radius 1 is 1.10 bits per heavy atom. The van der Waals surface area contributed by atoms with Gasteiger partial charge in [0.2, 0.25) is 17.7 Å². The van der Waals surface area contributed by atoms with E-state index in [1.807, 2.05) is 33.8 Å². The first-order valence-corrected chi connectivity index (χ1v) is 13.8. The van der Waals surface area contributed by atoms with Crippen molar-refractivity contribution in [1.29, 1.82) is 0 Å². The van der Waals surface area contributed by atoms with Gasteiger partial charge in [0.1, 0.15) is 23.9 Å². The lowest BCUT2D eigenvalue weighted by Gasteiger charge is -2.33. The highest BCUT2D eigenvalue weighted by Crippen LogP contribution is 2.29. The molecule has 1 aliphatic rings. The summed E-state index contributed by atoms with van der Waals surface area (Å²) in [6.45, 7) is 10.9. The number of nitrogens with zero attached hydrogens (tertiary/aromatic N) is 1. The Morgan fingerprint density at radius 3 is 2.36 bits per heavy atom. The molecule has 0 radical (unpaired) electrons. The van der Waals surface area contributed by atoms with E-state index in [-0.39, 0.29) is 41.0 Å². The number of carbonyl (C=O) groups is 4. The summed E-state index contributed by atoms with van der Waals surface area (Å²) < 4.78 is 5.75. The summed E-state index contributed by atoms with van der Waals surface area (Å²) in [6.07, 6.45) is 2.99. The molecule has 1 aromatic carbocycles. The van der Waals surface area contributed by atoms with E-state index in [9.17, 15) is 24.3 Å². The molecule has 9 nitrogen and oxygen atoms in total. The van der Waals surface area contributed by atoms with Crippen LogP contribution in [0.15, 0.2) is 29.8 Å². The summed E-state index contributed by atoms with van der Waals surface area (Å²) in [5, 5.41) is 15.6. The van der Waals surface area contributed by atoms with Crippen molar-refractivity contribution in [2.75, 3.05) is 7.05 Å². The number of nitrogens with one attached hydrogen (secondary N) is 2. The molecule has 0 fully saturated rings. The molecule has 5 unspecified atom stereocenters. The van der Waals surface area contributed by atoms with E-state index in [4.69, 9.17) is 16.3 Å². The number of ether oxygens (including phenoxy) is 1. The standard InChI is InChI=1S/C29H42ClN3O6/c1-8-21-11-9-17(4)13-18(5)27(36)31-19(6)29(38)33(7)26(16(2)3)28(37)32-23(15-25(35)39-21)20-10-12-24(34)22(30)14-20/h9-10,12,14,16,18-19,21,23,26,34H,8,11,13,15H2,1-7H3,(H,31,36)(H,32,37)/b17-9+. The first-order valence-electron chi connectivity index (χ1n) is 13.5. The van der Waals surface area contributed by atoms with E-state index in [1.54, 1.807) is 19.9 Å². The minimum Gasteiger partial charge on any atom is -0.506 e. The van der Waals surface area contributed by atoms with Crippen LogP contribution in [0.4, 0.5) is 0 Å². The van der Waals surface area contributed by atoms with Crippen LogP contribution in [-0.4, -0.2) is 58.9 Å². The molecule has 39 heavy (non-hydrogen) atoms. The smallest absolute Gasteiger partial charge is 0.308 e. The second-order valence-corrected chi connectivity index (χ2v) is 11.2. The van der Waals surface area contributed by atoms with E-state index in [2.05, 4.69) is 10.6 Å². The number of hydrogen-bond acceptors (Lipinski definition) is 6. The van der Waals surface area contributed by atoms with E-state index in [0.717, 1.165) is 5.57 Å². The summed E-state index contributed by atoms with van der Waals surface area (Å²) in [5.41, 5.74) is 1.49. The van der Waals surface area contributed by atoms with Gasteiger partial charge in [0.25, 0.3) is 0 Å². The van der Waals surface area contributed by atoms with Gasteiger partial charge in [-0.2, -0.15) is 0 Å². The van der Waals surface area contributed by atoms with Crippen molar-refractivity contribution in [1.82, 2.24) is 15.5 Å². The topological polar surface area (TPSA) is 125 Å². The number of esters is 1. The van der Waals surface area contributed by atoms with Crippen molar-refractivity contribution < 1.29 is 29.0 Å². The fraction of sp³-hybridized carbons (Fsp3) is 0.586. The monoisotopic (exact) mass is 563 g/mol. The lowest BCUT2D eigenvalue weighted by Crippen LogP contribution is -2.56. The Kier molecular flexibility index (Phi) is 11.8. The molecule has 10 heteroatoms. The van der Waals surface area contributed by atoms with Gasteiger partial charge in [-0.1, -0.05) is 57.0 Å². The first-order chi connectivity index (χ1) is 18.2. The van der Waals surface area contributed by atoms with E-state index >= 15 is 0 Å². The number of hydrogen-bond donors (Lipinski definition) is 3. The Balaban J connectivity index is 2.50. The average molecular weight is 564 g/mol. The number of phenolic OH excluding ortho intramolecular Hbond substituents is 1. The molecule has 0 saturated carbocycles. The van der Waals surface area contributed by atoms with Gasteiger partial charge >= 0.3 is 5.97 Å². The lowest BCUT2D eigenvalue weighted by molar-refractivity contribution is -0.150. The summed E-state index contributed by atoms with van der Waals surface area (Å²) in [7, 11) is 1.52. The van der Waals surface area contributed by atoms with Gasteiger partial charge in [0.15, 0.2) is 0 Å². The molecule has 1 heterocycles. The highest BCUT2D eigenvalue weighted by atomic mass is 35.5. The van der Waals surface area contributed by atoms with Crippen LogP contribution in [0.1, 0.15) is 78.8 Å². The van der Waals surface area contributed by atoms with Crippen LogP contribution in [0, 0.1) is 11.8 Å². The van der Waals surface area contributed by atoms with Crippen LogP contribution in [0.5, 0.6) is 5.75 Å².